The summed E-state index contributed by atoms with van der Waals surface area (Å²) in [5.74, 6) is 0.713. The molecule has 1 aromatic rings. The number of hydrogen-bond donors (Lipinski definition) is 3. The maximum absolute atomic E-state index is 12.9. The lowest BCUT2D eigenvalue weighted by Crippen LogP contribution is -2.50. The van der Waals surface area contributed by atoms with Gasteiger partial charge in [-0.2, -0.15) is 11.8 Å². The van der Waals surface area contributed by atoms with E-state index in [1.807, 2.05) is 0 Å². The Bertz CT molecular complexity index is 481. The molecule has 1 fully saturated rings. The zero-order valence-electron chi connectivity index (χ0n) is 10.1. The summed E-state index contributed by atoms with van der Waals surface area (Å²) in [4.78, 5) is 11.9. The molecular weight excluding hydrogens is 335 g/mol. The third-order valence-electron chi connectivity index (χ3n) is 2.98. The van der Waals surface area contributed by atoms with Gasteiger partial charge in [-0.15, -0.1) is 0 Å². The van der Waals surface area contributed by atoms with E-state index >= 15 is 0 Å². The molecule has 1 heterocycles. The van der Waals surface area contributed by atoms with E-state index in [9.17, 15) is 14.3 Å². The minimum atomic E-state index is -1.31. The molecular formula is C12H14BrFN2O2S. The molecule has 0 saturated carbocycles. The van der Waals surface area contributed by atoms with Crippen LogP contribution in [0.5, 0.6) is 0 Å². The summed E-state index contributed by atoms with van der Waals surface area (Å²) in [6.45, 7) is 0. The molecule has 0 unspecified atom stereocenters. The number of rotatable bonds is 3. The average Bonchev–Trinajstić information content (AvgIpc) is 2.38. The lowest BCUT2D eigenvalue weighted by molar-refractivity contribution is -0.139. The summed E-state index contributed by atoms with van der Waals surface area (Å²) in [7, 11) is 0. The first kappa shape index (κ1) is 14.6. The van der Waals surface area contributed by atoms with Gasteiger partial charge in [-0.05, 0) is 58.5 Å². The zero-order valence-corrected chi connectivity index (χ0v) is 12.5. The molecule has 3 N–H and O–H groups in total. The van der Waals surface area contributed by atoms with Crippen LogP contribution < -0.4 is 10.9 Å². The highest BCUT2D eigenvalue weighted by atomic mass is 79.9. The SMILES string of the molecule is O=C(NNc1ccc(F)cc1Br)C1(O)CCSCC1. The van der Waals surface area contributed by atoms with Gasteiger partial charge in [0.05, 0.1) is 5.69 Å². The number of carbonyl (C=O) groups is 1. The summed E-state index contributed by atoms with van der Waals surface area (Å²) >= 11 is 4.91. The van der Waals surface area contributed by atoms with E-state index in [1.54, 1.807) is 11.8 Å². The van der Waals surface area contributed by atoms with Crippen molar-refractivity contribution in [1.29, 1.82) is 0 Å². The van der Waals surface area contributed by atoms with Crippen molar-refractivity contribution < 1.29 is 14.3 Å². The Morgan fingerprint density at radius 3 is 2.74 bits per heavy atom. The summed E-state index contributed by atoms with van der Waals surface area (Å²) < 4.78 is 13.4. The highest BCUT2D eigenvalue weighted by Crippen LogP contribution is 2.27. The quantitative estimate of drug-likeness (QED) is 0.733. The lowest BCUT2D eigenvalue weighted by Gasteiger charge is -2.30. The number of amides is 1. The van der Waals surface area contributed by atoms with Crippen LogP contribution in [-0.4, -0.2) is 28.1 Å². The molecule has 1 saturated heterocycles. The second kappa shape index (κ2) is 6.11. The first-order valence-corrected chi connectivity index (χ1v) is 7.78. The minimum absolute atomic E-state index is 0.369. The van der Waals surface area contributed by atoms with Crippen molar-refractivity contribution in [3.63, 3.8) is 0 Å². The van der Waals surface area contributed by atoms with E-state index in [-0.39, 0.29) is 5.82 Å². The number of carbonyl (C=O) groups excluding carboxylic acids is 1. The number of nitrogens with one attached hydrogen (secondary N) is 2. The molecule has 1 aromatic carbocycles. The molecule has 1 aliphatic rings. The first-order chi connectivity index (χ1) is 9.01. The van der Waals surface area contributed by atoms with E-state index in [0.29, 0.717) is 23.0 Å². The van der Waals surface area contributed by atoms with Crippen LogP contribution in [0.3, 0.4) is 0 Å². The number of aliphatic hydroxyl groups is 1. The van der Waals surface area contributed by atoms with Gasteiger partial charge in [0, 0.05) is 4.47 Å². The molecule has 19 heavy (non-hydrogen) atoms. The van der Waals surface area contributed by atoms with Crippen LogP contribution in [-0.2, 0) is 4.79 Å². The number of benzene rings is 1. The third-order valence-corrected chi connectivity index (χ3v) is 4.63. The summed E-state index contributed by atoms with van der Waals surface area (Å²) in [5, 5.41) is 10.2. The highest BCUT2D eigenvalue weighted by Gasteiger charge is 2.37. The fraction of sp³-hybridized carbons (Fsp3) is 0.417. The van der Waals surface area contributed by atoms with Gasteiger partial charge in [-0.25, -0.2) is 4.39 Å². The maximum Gasteiger partial charge on any atom is 0.270 e. The summed E-state index contributed by atoms with van der Waals surface area (Å²) in [6.07, 6.45) is 0.880. The van der Waals surface area contributed by atoms with Crippen LogP contribution in [0.2, 0.25) is 0 Å². The molecule has 0 spiro atoms. The van der Waals surface area contributed by atoms with Gasteiger partial charge in [0.15, 0.2) is 0 Å². The molecule has 4 nitrogen and oxygen atoms in total. The van der Waals surface area contributed by atoms with E-state index in [0.717, 1.165) is 11.5 Å². The number of hydrazine groups is 1. The molecule has 1 amide bonds. The Hall–Kier alpha value is -0.790. The van der Waals surface area contributed by atoms with Gasteiger partial charge < -0.3 is 5.11 Å². The fourth-order valence-corrected chi connectivity index (χ4v) is 3.39. The van der Waals surface area contributed by atoms with E-state index in [4.69, 9.17) is 0 Å². The third kappa shape index (κ3) is 3.61. The van der Waals surface area contributed by atoms with Crippen LogP contribution in [0.4, 0.5) is 10.1 Å². The van der Waals surface area contributed by atoms with Crippen molar-refractivity contribution >= 4 is 39.3 Å². The van der Waals surface area contributed by atoms with Gasteiger partial charge in [0.2, 0.25) is 0 Å². The van der Waals surface area contributed by atoms with E-state index in [2.05, 4.69) is 26.8 Å². The van der Waals surface area contributed by atoms with Gasteiger partial charge in [-0.3, -0.25) is 15.6 Å². The molecule has 0 aromatic heterocycles. The standard InChI is InChI=1S/C12H14BrFN2O2S/c13-9-7-8(14)1-2-10(9)15-16-11(17)12(18)3-5-19-6-4-12/h1-2,7,15,18H,3-6H2,(H,16,17). The number of halogens is 2. The molecule has 2 rings (SSSR count). The smallest absolute Gasteiger partial charge is 0.270 e. The van der Waals surface area contributed by atoms with Crippen molar-refractivity contribution in [3.8, 4) is 0 Å². The lowest BCUT2D eigenvalue weighted by atomic mass is 9.96. The van der Waals surface area contributed by atoms with Crippen molar-refractivity contribution in [2.75, 3.05) is 16.9 Å². The van der Waals surface area contributed by atoms with Crippen molar-refractivity contribution in [2.24, 2.45) is 0 Å². The van der Waals surface area contributed by atoms with Crippen molar-refractivity contribution in [3.05, 3.63) is 28.5 Å². The van der Waals surface area contributed by atoms with E-state index < -0.39 is 11.5 Å². The van der Waals surface area contributed by atoms with Crippen LogP contribution >= 0.6 is 27.7 Å². The summed E-state index contributed by atoms with van der Waals surface area (Å²) in [5.41, 5.74) is 4.37. The molecule has 104 valence electrons. The van der Waals surface area contributed by atoms with Gasteiger partial charge in [0.25, 0.3) is 5.91 Å². The monoisotopic (exact) mass is 348 g/mol. The fourth-order valence-electron chi connectivity index (χ4n) is 1.77. The number of hydrogen-bond acceptors (Lipinski definition) is 4. The molecule has 0 atom stereocenters. The number of thioether (sulfide) groups is 1. The second-order valence-corrected chi connectivity index (χ2v) is 6.43. The molecule has 0 aliphatic carbocycles. The second-order valence-electron chi connectivity index (χ2n) is 4.35. The van der Waals surface area contributed by atoms with Gasteiger partial charge in [0.1, 0.15) is 11.4 Å². The van der Waals surface area contributed by atoms with Gasteiger partial charge in [-0.1, -0.05) is 0 Å². The van der Waals surface area contributed by atoms with Gasteiger partial charge >= 0.3 is 0 Å². The Morgan fingerprint density at radius 2 is 2.11 bits per heavy atom. The topological polar surface area (TPSA) is 61.4 Å². The number of anilines is 1. The Labute approximate surface area is 123 Å². The van der Waals surface area contributed by atoms with Crippen LogP contribution in [0, 0.1) is 5.82 Å². The molecule has 0 radical (unpaired) electrons. The van der Waals surface area contributed by atoms with Crippen LogP contribution in [0.25, 0.3) is 0 Å². The molecule has 1 aliphatic heterocycles. The zero-order chi connectivity index (χ0) is 13.9. The molecule has 0 bridgehead atoms. The average molecular weight is 349 g/mol. The minimum Gasteiger partial charge on any atom is -0.380 e. The Morgan fingerprint density at radius 1 is 1.42 bits per heavy atom. The largest absolute Gasteiger partial charge is 0.380 e. The van der Waals surface area contributed by atoms with Crippen LogP contribution in [0.1, 0.15) is 12.8 Å². The highest BCUT2D eigenvalue weighted by molar-refractivity contribution is 9.10. The van der Waals surface area contributed by atoms with Crippen molar-refractivity contribution in [2.45, 2.75) is 18.4 Å². The van der Waals surface area contributed by atoms with Crippen molar-refractivity contribution in [1.82, 2.24) is 5.43 Å². The normalized spacial score (nSPS) is 17.8. The maximum atomic E-state index is 12.9. The van der Waals surface area contributed by atoms with Crippen LogP contribution in [0.15, 0.2) is 22.7 Å². The van der Waals surface area contributed by atoms with E-state index in [1.165, 1.54) is 18.2 Å². The Kier molecular flexibility index (Phi) is 4.70. The first-order valence-electron chi connectivity index (χ1n) is 5.83. The molecule has 7 heteroatoms. The predicted octanol–water partition coefficient (Wildman–Crippen LogP) is 2.29. The summed E-state index contributed by atoms with van der Waals surface area (Å²) in [6, 6.07) is 4.08. The predicted molar refractivity (Wildman–Crippen MR) is 77.4 cm³/mol. The Balaban J connectivity index is 1.96.